The van der Waals surface area contributed by atoms with Crippen molar-refractivity contribution in [2.75, 3.05) is 36.5 Å². The highest BCUT2D eigenvalue weighted by atomic mass is 32.2. The quantitative estimate of drug-likeness (QED) is 0.500. The summed E-state index contributed by atoms with van der Waals surface area (Å²) in [6.07, 6.45) is 4.61. The number of hydrogen-bond acceptors (Lipinski definition) is 7. The average molecular weight is 558 g/mol. The highest BCUT2D eigenvalue weighted by Crippen LogP contribution is 2.55. The number of pyridine rings is 1. The van der Waals surface area contributed by atoms with Crippen molar-refractivity contribution < 1.29 is 22.7 Å². The number of rotatable bonds is 6. The van der Waals surface area contributed by atoms with E-state index in [1.54, 1.807) is 6.07 Å². The zero-order chi connectivity index (χ0) is 27.5. The van der Waals surface area contributed by atoms with Crippen LogP contribution < -0.4 is 19.8 Å². The molecule has 0 radical (unpaired) electrons. The molecule has 210 valence electrons. The second-order valence-corrected chi connectivity index (χ2v) is 13.8. The molecular weight excluding hydrogens is 521 g/mol. The Bertz CT molecular complexity index is 1370. The monoisotopic (exact) mass is 557 g/mol. The van der Waals surface area contributed by atoms with E-state index in [1.165, 1.54) is 19.2 Å². The lowest BCUT2D eigenvalue weighted by Crippen LogP contribution is -2.61. The Morgan fingerprint density at radius 2 is 1.87 bits per heavy atom. The maximum atomic E-state index is 14.9. The molecule has 4 saturated carbocycles. The van der Waals surface area contributed by atoms with Crippen molar-refractivity contribution >= 4 is 27.4 Å². The molecule has 1 saturated heterocycles. The number of piperazine rings is 1. The molecule has 9 nitrogen and oxygen atoms in total. The molecule has 3 atom stereocenters. The fourth-order valence-corrected chi connectivity index (χ4v) is 8.44. The van der Waals surface area contributed by atoms with E-state index in [9.17, 15) is 22.7 Å². The van der Waals surface area contributed by atoms with Crippen molar-refractivity contribution in [2.24, 2.45) is 17.8 Å². The minimum Gasteiger partial charge on any atom is -0.390 e. The number of carbonyl (C=O) groups is 1. The third-order valence-corrected chi connectivity index (χ3v) is 10.7. The van der Waals surface area contributed by atoms with Crippen LogP contribution in [0.15, 0.2) is 41.3 Å². The van der Waals surface area contributed by atoms with Gasteiger partial charge in [0.15, 0.2) is 0 Å². The minimum absolute atomic E-state index is 0.0187. The Kier molecular flexibility index (Phi) is 6.59. The first-order chi connectivity index (χ1) is 18.5. The number of halogens is 1. The number of amides is 1. The number of sulfonamides is 1. The predicted molar refractivity (Wildman–Crippen MR) is 146 cm³/mol. The third-order valence-electron chi connectivity index (χ3n) is 9.27. The van der Waals surface area contributed by atoms with Gasteiger partial charge in [0.1, 0.15) is 17.3 Å². The average Bonchev–Trinajstić information content (AvgIpc) is 2.89. The standard InChI is InChI=1S/C28H36FN5O4S/c1-17-16-33(24-7-6-21(12-22(24)29)39(37,38)30-2)8-9-34(17)25-5-3-4-23(31-25)27(35)32-26-19-10-18-11-20(26)15-28(36,13-18)14-19/h3-7,12,17-20,26,30,36H,8-11,13-16H2,1-2H3,(H,32,35)/t17-,18?,19?,20?,26?,28?/m1/s1. The minimum atomic E-state index is -3.72. The van der Waals surface area contributed by atoms with Crippen LogP contribution in [0.1, 0.15) is 49.5 Å². The Morgan fingerprint density at radius 3 is 2.51 bits per heavy atom. The van der Waals surface area contributed by atoms with E-state index in [4.69, 9.17) is 4.98 Å². The lowest BCUT2D eigenvalue weighted by Gasteiger charge is -2.58. The maximum absolute atomic E-state index is 14.9. The van der Waals surface area contributed by atoms with Gasteiger partial charge in [0.05, 0.1) is 16.2 Å². The van der Waals surface area contributed by atoms with Gasteiger partial charge in [-0.2, -0.15) is 0 Å². The molecule has 7 rings (SSSR count). The summed E-state index contributed by atoms with van der Waals surface area (Å²) < 4.78 is 41.1. The molecule has 1 aromatic carbocycles. The first-order valence-corrected chi connectivity index (χ1v) is 15.3. The molecule has 4 bridgehead atoms. The van der Waals surface area contributed by atoms with E-state index in [1.807, 2.05) is 24.0 Å². The van der Waals surface area contributed by atoms with Crippen LogP contribution in [-0.4, -0.2) is 68.8 Å². The number of benzene rings is 1. The Morgan fingerprint density at radius 1 is 1.13 bits per heavy atom. The van der Waals surface area contributed by atoms with Crippen LogP contribution in [0.3, 0.4) is 0 Å². The van der Waals surface area contributed by atoms with Gasteiger partial charge in [-0.25, -0.2) is 22.5 Å². The molecule has 2 unspecified atom stereocenters. The maximum Gasteiger partial charge on any atom is 0.270 e. The van der Waals surface area contributed by atoms with E-state index < -0.39 is 21.4 Å². The third kappa shape index (κ3) is 4.89. The zero-order valence-corrected chi connectivity index (χ0v) is 23.1. The topological polar surface area (TPSA) is 115 Å². The molecule has 11 heteroatoms. The number of anilines is 2. The van der Waals surface area contributed by atoms with Crippen LogP contribution in [0, 0.1) is 23.6 Å². The first kappa shape index (κ1) is 26.5. The molecule has 3 N–H and O–H groups in total. The van der Waals surface area contributed by atoms with Crippen molar-refractivity contribution in [1.29, 1.82) is 0 Å². The Labute approximate surface area is 228 Å². The fraction of sp³-hybridized carbons (Fsp3) is 0.571. The number of nitrogens with one attached hydrogen (secondary N) is 2. The molecule has 5 fully saturated rings. The number of aliphatic hydroxyl groups is 1. The Balaban J connectivity index is 1.12. The Hall–Kier alpha value is -2.76. The molecule has 4 aliphatic carbocycles. The van der Waals surface area contributed by atoms with Crippen LogP contribution >= 0.6 is 0 Å². The molecule has 1 aromatic heterocycles. The summed E-state index contributed by atoms with van der Waals surface area (Å²) in [6.45, 7) is 3.63. The number of carbonyl (C=O) groups excluding carboxylic acids is 1. The van der Waals surface area contributed by atoms with E-state index in [2.05, 4.69) is 14.9 Å². The second kappa shape index (κ2) is 9.71. The van der Waals surface area contributed by atoms with E-state index in [0.717, 1.165) is 38.2 Å². The molecule has 2 aromatic rings. The largest absolute Gasteiger partial charge is 0.390 e. The van der Waals surface area contributed by atoms with Gasteiger partial charge in [-0.15, -0.1) is 0 Å². The summed E-state index contributed by atoms with van der Waals surface area (Å²) in [4.78, 5) is 21.9. The summed E-state index contributed by atoms with van der Waals surface area (Å²) in [7, 11) is -2.43. The molecule has 39 heavy (non-hydrogen) atoms. The van der Waals surface area contributed by atoms with Crippen LogP contribution in [-0.2, 0) is 10.0 Å². The lowest BCUT2D eigenvalue weighted by atomic mass is 9.52. The van der Waals surface area contributed by atoms with Crippen molar-refractivity contribution in [3.8, 4) is 0 Å². The highest BCUT2D eigenvalue weighted by Gasteiger charge is 2.55. The summed E-state index contributed by atoms with van der Waals surface area (Å²) in [5.74, 6) is 1.18. The van der Waals surface area contributed by atoms with Crippen LogP contribution in [0.2, 0.25) is 0 Å². The smallest absolute Gasteiger partial charge is 0.270 e. The van der Waals surface area contributed by atoms with Crippen LogP contribution in [0.25, 0.3) is 0 Å². The molecular formula is C28H36FN5O4S. The molecule has 1 amide bonds. The second-order valence-electron chi connectivity index (χ2n) is 11.9. The van der Waals surface area contributed by atoms with E-state index in [-0.39, 0.29) is 22.9 Å². The molecule has 1 aliphatic heterocycles. The number of nitrogens with zero attached hydrogens (tertiary/aromatic N) is 3. The van der Waals surface area contributed by atoms with Gasteiger partial charge < -0.3 is 20.2 Å². The van der Waals surface area contributed by atoms with Crippen molar-refractivity contribution in [3.05, 3.63) is 47.9 Å². The predicted octanol–water partition coefficient (Wildman–Crippen LogP) is 2.51. The van der Waals surface area contributed by atoms with E-state index >= 15 is 0 Å². The number of aromatic nitrogens is 1. The summed E-state index contributed by atoms with van der Waals surface area (Å²) in [5, 5.41) is 14.1. The SMILES string of the molecule is CNS(=O)(=O)c1ccc(N2CCN(c3cccc(C(=O)NC4C5CC6CC4CC(O)(C6)C5)n3)[C@H](C)C2)c(F)c1. The summed E-state index contributed by atoms with van der Waals surface area (Å²) >= 11 is 0. The van der Waals surface area contributed by atoms with Gasteiger partial charge in [0, 0.05) is 31.7 Å². The van der Waals surface area contributed by atoms with Crippen molar-refractivity contribution in [1.82, 2.24) is 15.0 Å². The molecule has 0 spiro atoms. The summed E-state index contributed by atoms with van der Waals surface area (Å²) in [5.41, 5.74) is 0.198. The molecule has 2 heterocycles. The van der Waals surface area contributed by atoms with Crippen molar-refractivity contribution in [2.45, 2.75) is 61.6 Å². The zero-order valence-electron chi connectivity index (χ0n) is 22.3. The fourth-order valence-electron chi connectivity index (χ4n) is 7.70. The van der Waals surface area contributed by atoms with Gasteiger partial charge >= 0.3 is 0 Å². The van der Waals surface area contributed by atoms with Gasteiger partial charge in [0.2, 0.25) is 10.0 Å². The number of hydrogen-bond donors (Lipinski definition) is 3. The highest BCUT2D eigenvalue weighted by molar-refractivity contribution is 7.89. The van der Waals surface area contributed by atoms with Crippen LogP contribution in [0.5, 0.6) is 0 Å². The van der Waals surface area contributed by atoms with Gasteiger partial charge in [-0.3, -0.25) is 4.79 Å². The van der Waals surface area contributed by atoms with Crippen LogP contribution in [0.4, 0.5) is 15.9 Å². The summed E-state index contributed by atoms with van der Waals surface area (Å²) in [6, 6.07) is 9.51. The normalized spacial score (nSPS) is 31.9. The first-order valence-electron chi connectivity index (χ1n) is 13.8. The van der Waals surface area contributed by atoms with Gasteiger partial charge in [-0.1, -0.05) is 6.07 Å². The van der Waals surface area contributed by atoms with Crippen molar-refractivity contribution in [3.63, 3.8) is 0 Å². The lowest BCUT2D eigenvalue weighted by molar-refractivity contribution is -0.136. The van der Waals surface area contributed by atoms with Gasteiger partial charge in [0.25, 0.3) is 5.91 Å². The van der Waals surface area contributed by atoms with E-state index in [0.29, 0.717) is 54.6 Å². The molecule has 5 aliphatic rings. The van der Waals surface area contributed by atoms with Gasteiger partial charge in [-0.05, 0) is 94.2 Å².